The molecule has 0 spiro atoms. The predicted octanol–water partition coefficient (Wildman–Crippen LogP) is 3.06. The van der Waals surface area contributed by atoms with E-state index in [9.17, 15) is 9.90 Å². The lowest BCUT2D eigenvalue weighted by Crippen LogP contribution is -2.32. The number of hydrogen-bond acceptors (Lipinski definition) is 9. The number of fused-ring (bicyclic) bond motifs is 1. The quantitative estimate of drug-likeness (QED) is 0.329. The lowest BCUT2D eigenvalue weighted by molar-refractivity contribution is 0.102. The van der Waals surface area contributed by atoms with Gasteiger partial charge in [0.05, 0.1) is 12.6 Å². The molecule has 36 heavy (non-hydrogen) atoms. The van der Waals surface area contributed by atoms with Crippen molar-refractivity contribution in [2.24, 2.45) is 0 Å². The highest BCUT2D eigenvalue weighted by molar-refractivity contribution is 7.09. The number of nitrogens with zero attached hydrogens (tertiary/aromatic N) is 7. The Balaban J connectivity index is 1.66. The third kappa shape index (κ3) is 3.89. The number of carbonyl (C=O) groups is 1. The third-order valence-corrected chi connectivity index (χ3v) is 6.69. The molecule has 4 aromatic heterocycles. The summed E-state index contributed by atoms with van der Waals surface area (Å²) in [5, 5.41) is 21.3. The Morgan fingerprint density at radius 2 is 1.97 bits per heavy atom. The summed E-state index contributed by atoms with van der Waals surface area (Å²) in [5.74, 6) is 0.144. The maximum absolute atomic E-state index is 13.1. The smallest absolute Gasteiger partial charge is 0.263 e. The van der Waals surface area contributed by atoms with Gasteiger partial charge in [0.15, 0.2) is 17.1 Å². The molecule has 4 heterocycles. The molecule has 11 nitrogen and oxygen atoms in total. The van der Waals surface area contributed by atoms with Gasteiger partial charge in [-0.15, -0.1) is 16.4 Å². The van der Waals surface area contributed by atoms with Gasteiger partial charge < -0.3 is 14.4 Å². The zero-order chi connectivity index (χ0) is 25.3. The molecule has 0 aliphatic rings. The van der Waals surface area contributed by atoms with Crippen molar-refractivity contribution in [2.45, 2.75) is 32.5 Å². The molecule has 1 atom stereocenters. The molecule has 184 valence electrons. The first-order chi connectivity index (χ1) is 17.5. The third-order valence-electron chi connectivity index (χ3n) is 5.80. The Kier molecular flexibility index (Phi) is 6.20. The Hall–Kier alpha value is -4.16. The molecule has 0 saturated heterocycles. The summed E-state index contributed by atoms with van der Waals surface area (Å²) in [7, 11) is 1.43. The van der Waals surface area contributed by atoms with Crippen LogP contribution in [0, 0.1) is 0 Å². The number of ether oxygens (including phenoxy) is 1. The summed E-state index contributed by atoms with van der Waals surface area (Å²) >= 11 is 1.33. The van der Waals surface area contributed by atoms with E-state index in [1.807, 2.05) is 48.7 Å². The highest BCUT2D eigenvalue weighted by Crippen LogP contribution is 2.39. The maximum Gasteiger partial charge on any atom is 0.263 e. The molecule has 2 N–H and O–H groups in total. The SMILES string of the molecule is CCn1cnc(NC(=O)c2cc3c(nc2OC)nc(C(O)(c2ccccc2)c2nccs2)n3CC)n1. The van der Waals surface area contributed by atoms with Crippen LogP contribution in [0.15, 0.2) is 54.3 Å². The number of methoxy groups -OCH3 is 1. The van der Waals surface area contributed by atoms with E-state index in [4.69, 9.17) is 9.72 Å². The topological polar surface area (TPSA) is 133 Å². The molecule has 5 rings (SSSR count). The van der Waals surface area contributed by atoms with Crippen molar-refractivity contribution in [2.75, 3.05) is 12.4 Å². The molecule has 0 radical (unpaired) electrons. The minimum atomic E-state index is -1.63. The van der Waals surface area contributed by atoms with Gasteiger partial charge in [-0.1, -0.05) is 30.3 Å². The monoisotopic (exact) mass is 504 g/mol. The number of aryl methyl sites for hydroxylation is 2. The maximum atomic E-state index is 13.1. The van der Waals surface area contributed by atoms with Crippen molar-refractivity contribution >= 4 is 34.4 Å². The van der Waals surface area contributed by atoms with E-state index >= 15 is 0 Å². The molecule has 0 saturated carbocycles. The van der Waals surface area contributed by atoms with E-state index in [0.717, 1.165) is 0 Å². The van der Waals surface area contributed by atoms with Crippen LogP contribution in [0.1, 0.15) is 40.6 Å². The van der Waals surface area contributed by atoms with Crippen LogP contribution < -0.4 is 10.1 Å². The average Bonchev–Trinajstić information content (AvgIpc) is 3.67. The lowest BCUT2D eigenvalue weighted by atomic mass is 9.93. The molecule has 1 aromatic carbocycles. The number of hydrogen-bond donors (Lipinski definition) is 2. The van der Waals surface area contributed by atoms with Gasteiger partial charge in [-0.05, 0) is 25.5 Å². The number of pyridine rings is 1. The molecule has 0 bridgehead atoms. The normalized spacial score (nSPS) is 13.0. The van der Waals surface area contributed by atoms with E-state index in [1.165, 1.54) is 24.8 Å². The van der Waals surface area contributed by atoms with E-state index < -0.39 is 11.5 Å². The summed E-state index contributed by atoms with van der Waals surface area (Å²) in [6.07, 6.45) is 3.18. The molecule has 1 unspecified atom stereocenters. The van der Waals surface area contributed by atoms with Crippen molar-refractivity contribution in [1.29, 1.82) is 0 Å². The number of anilines is 1. The Morgan fingerprint density at radius 3 is 2.61 bits per heavy atom. The van der Waals surface area contributed by atoms with Gasteiger partial charge in [0.25, 0.3) is 5.91 Å². The van der Waals surface area contributed by atoms with E-state index in [1.54, 1.807) is 22.3 Å². The number of imidazole rings is 1. The first-order valence-electron chi connectivity index (χ1n) is 11.3. The molecule has 12 heteroatoms. The summed E-state index contributed by atoms with van der Waals surface area (Å²) < 4.78 is 8.86. The fraction of sp³-hybridized carbons (Fsp3) is 0.250. The Labute approximate surface area is 210 Å². The molecule has 0 aliphatic carbocycles. The molecule has 5 aromatic rings. The van der Waals surface area contributed by atoms with Crippen molar-refractivity contribution in [3.63, 3.8) is 0 Å². The van der Waals surface area contributed by atoms with Crippen molar-refractivity contribution < 1.29 is 14.6 Å². The molecular formula is C24H24N8O3S. The van der Waals surface area contributed by atoms with Gasteiger partial charge in [0, 0.05) is 24.7 Å². The number of thiazole rings is 1. The number of aliphatic hydroxyl groups is 1. The largest absolute Gasteiger partial charge is 0.480 e. The fourth-order valence-electron chi connectivity index (χ4n) is 4.05. The van der Waals surface area contributed by atoms with Crippen LogP contribution in [0.5, 0.6) is 5.88 Å². The Morgan fingerprint density at radius 1 is 1.17 bits per heavy atom. The first kappa shape index (κ1) is 23.6. The number of amides is 1. The van der Waals surface area contributed by atoms with Crippen LogP contribution in [0.4, 0.5) is 5.95 Å². The second-order valence-corrected chi connectivity index (χ2v) is 8.75. The zero-order valence-electron chi connectivity index (χ0n) is 19.9. The molecule has 0 aliphatic heterocycles. The van der Waals surface area contributed by atoms with E-state index in [0.29, 0.717) is 40.6 Å². The van der Waals surface area contributed by atoms with Crippen molar-refractivity contribution in [3.05, 3.63) is 76.3 Å². The van der Waals surface area contributed by atoms with E-state index in [-0.39, 0.29) is 17.4 Å². The summed E-state index contributed by atoms with van der Waals surface area (Å²) in [6.45, 7) is 4.95. The number of benzene rings is 1. The van der Waals surface area contributed by atoms with Crippen molar-refractivity contribution in [3.8, 4) is 5.88 Å². The van der Waals surface area contributed by atoms with Gasteiger partial charge in [-0.2, -0.15) is 4.98 Å². The lowest BCUT2D eigenvalue weighted by Gasteiger charge is -2.26. The van der Waals surface area contributed by atoms with Gasteiger partial charge in [-0.25, -0.2) is 15.0 Å². The number of carbonyl (C=O) groups excluding carboxylic acids is 1. The van der Waals surface area contributed by atoms with Gasteiger partial charge in [0.2, 0.25) is 11.8 Å². The fourth-order valence-corrected chi connectivity index (χ4v) is 4.80. The second kappa shape index (κ2) is 9.47. The summed E-state index contributed by atoms with van der Waals surface area (Å²) in [6, 6.07) is 10.9. The zero-order valence-corrected chi connectivity index (χ0v) is 20.7. The standard InChI is InChI=1S/C24H24N8O3S/c1-4-31-14-26-23(30-31)29-19(33)16-13-17-18(27-20(16)35-3)28-21(32(17)5-2)24(34,22-25-11-12-36-22)15-9-7-6-8-10-15/h6-14,34H,4-5H2,1-3H3,(H,29,30,33). The van der Waals surface area contributed by atoms with Crippen LogP contribution in [-0.4, -0.2) is 52.4 Å². The van der Waals surface area contributed by atoms with Gasteiger partial charge >= 0.3 is 0 Å². The van der Waals surface area contributed by atoms with Crippen LogP contribution in [0.2, 0.25) is 0 Å². The van der Waals surface area contributed by atoms with Crippen LogP contribution >= 0.6 is 11.3 Å². The van der Waals surface area contributed by atoms with Crippen LogP contribution in [-0.2, 0) is 18.7 Å². The van der Waals surface area contributed by atoms with Gasteiger partial charge in [0.1, 0.15) is 16.9 Å². The minimum absolute atomic E-state index is 0.0970. The van der Waals surface area contributed by atoms with Crippen LogP contribution in [0.25, 0.3) is 11.2 Å². The van der Waals surface area contributed by atoms with E-state index in [2.05, 4.69) is 25.4 Å². The molecule has 0 fully saturated rings. The number of aromatic nitrogens is 7. The summed E-state index contributed by atoms with van der Waals surface area (Å²) in [5.41, 5.74) is 0.0820. The first-order valence-corrected chi connectivity index (χ1v) is 12.2. The molecule has 1 amide bonds. The van der Waals surface area contributed by atoms with Crippen molar-refractivity contribution in [1.82, 2.24) is 34.3 Å². The highest BCUT2D eigenvalue weighted by atomic mass is 32.1. The molecular weight excluding hydrogens is 480 g/mol. The Bertz CT molecular complexity index is 1510. The van der Waals surface area contributed by atoms with Gasteiger partial charge in [-0.3, -0.25) is 14.8 Å². The van der Waals surface area contributed by atoms with Crippen LogP contribution in [0.3, 0.4) is 0 Å². The number of nitrogens with one attached hydrogen (secondary N) is 1. The average molecular weight is 505 g/mol. The predicted molar refractivity (Wildman–Crippen MR) is 134 cm³/mol. The minimum Gasteiger partial charge on any atom is -0.480 e. The summed E-state index contributed by atoms with van der Waals surface area (Å²) in [4.78, 5) is 30.9. The second-order valence-electron chi connectivity index (χ2n) is 7.86. The highest BCUT2D eigenvalue weighted by Gasteiger charge is 2.41. The number of rotatable bonds is 8.